The van der Waals surface area contributed by atoms with Crippen molar-refractivity contribution in [3.05, 3.63) is 0 Å². The zero-order valence-corrected chi connectivity index (χ0v) is 8.41. The summed E-state index contributed by atoms with van der Waals surface area (Å²) >= 11 is 1.93. The molecular formula is C10H18S. The Labute approximate surface area is 75.1 Å². The molecule has 1 atom stereocenters. The standard InChI is InChI=1S/C10H18S/c1-4-5-6-7-8-10(2)9-11-3/h1,10H,5-9H2,2-3H3. The molecule has 0 fully saturated rings. The smallest absolute Gasteiger partial charge is 0.00860 e. The lowest BCUT2D eigenvalue weighted by Gasteiger charge is -2.07. The summed E-state index contributed by atoms with van der Waals surface area (Å²) in [6.45, 7) is 2.31. The lowest BCUT2D eigenvalue weighted by atomic mass is 10.1. The van der Waals surface area contributed by atoms with Gasteiger partial charge in [-0.1, -0.05) is 13.3 Å². The van der Waals surface area contributed by atoms with Crippen LogP contribution in [-0.2, 0) is 0 Å². The van der Waals surface area contributed by atoms with E-state index >= 15 is 0 Å². The second kappa shape index (κ2) is 8.01. The molecule has 0 amide bonds. The fourth-order valence-electron chi connectivity index (χ4n) is 1.09. The highest BCUT2D eigenvalue weighted by atomic mass is 32.2. The Balaban J connectivity index is 3.05. The van der Waals surface area contributed by atoms with Crippen molar-refractivity contribution in [2.75, 3.05) is 12.0 Å². The second-order valence-corrected chi connectivity index (χ2v) is 3.92. The van der Waals surface area contributed by atoms with Gasteiger partial charge in [0.1, 0.15) is 0 Å². The Hall–Kier alpha value is -0.0900. The van der Waals surface area contributed by atoms with Crippen molar-refractivity contribution in [3.8, 4) is 12.3 Å². The highest BCUT2D eigenvalue weighted by molar-refractivity contribution is 7.98. The van der Waals surface area contributed by atoms with Crippen LogP contribution in [-0.4, -0.2) is 12.0 Å². The van der Waals surface area contributed by atoms with Crippen molar-refractivity contribution >= 4 is 11.8 Å². The van der Waals surface area contributed by atoms with Gasteiger partial charge in [-0.05, 0) is 30.8 Å². The highest BCUT2D eigenvalue weighted by Crippen LogP contribution is 2.12. The Kier molecular flexibility index (Phi) is 7.95. The summed E-state index contributed by atoms with van der Waals surface area (Å²) in [6.07, 6.45) is 12.1. The van der Waals surface area contributed by atoms with E-state index in [2.05, 4.69) is 19.1 Å². The van der Waals surface area contributed by atoms with Crippen LogP contribution >= 0.6 is 11.8 Å². The van der Waals surface area contributed by atoms with Crippen molar-refractivity contribution in [1.82, 2.24) is 0 Å². The number of hydrogen-bond acceptors (Lipinski definition) is 1. The Morgan fingerprint density at radius 2 is 2.18 bits per heavy atom. The molecule has 0 rings (SSSR count). The SMILES string of the molecule is C#CCCCCC(C)CSC. The molecule has 0 spiro atoms. The first-order valence-electron chi connectivity index (χ1n) is 4.23. The molecule has 0 aromatic heterocycles. The first-order valence-corrected chi connectivity index (χ1v) is 5.63. The van der Waals surface area contributed by atoms with Gasteiger partial charge in [-0.25, -0.2) is 0 Å². The molecule has 0 aromatic carbocycles. The van der Waals surface area contributed by atoms with Gasteiger partial charge >= 0.3 is 0 Å². The molecule has 0 bridgehead atoms. The van der Waals surface area contributed by atoms with Crippen LogP contribution in [0.1, 0.15) is 32.6 Å². The van der Waals surface area contributed by atoms with Crippen LogP contribution in [0.5, 0.6) is 0 Å². The Bertz CT molecular complexity index is 113. The highest BCUT2D eigenvalue weighted by Gasteiger charge is 1.99. The van der Waals surface area contributed by atoms with Crippen LogP contribution in [0.3, 0.4) is 0 Å². The summed E-state index contributed by atoms with van der Waals surface area (Å²) in [5, 5.41) is 0. The molecule has 0 heterocycles. The molecule has 1 unspecified atom stereocenters. The van der Waals surface area contributed by atoms with Crippen molar-refractivity contribution in [2.24, 2.45) is 5.92 Å². The molecule has 0 aromatic rings. The molecule has 11 heavy (non-hydrogen) atoms. The van der Waals surface area contributed by atoms with E-state index in [1.54, 1.807) is 0 Å². The molecule has 0 N–H and O–H groups in total. The fourth-order valence-corrected chi connectivity index (χ4v) is 1.82. The van der Waals surface area contributed by atoms with Crippen LogP contribution < -0.4 is 0 Å². The van der Waals surface area contributed by atoms with Crippen LogP contribution in [0.25, 0.3) is 0 Å². The summed E-state index contributed by atoms with van der Waals surface area (Å²) < 4.78 is 0. The first-order chi connectivity index (χ1) is 5.31. The lowest BCUT2D eigenvalue weighted by molar-refractivity contribution is 0.550. The molecule has 0 aliphatic carbocycles. The molecule has 0 nitrogen and oxygen atoms in total. The summed E-state index contributed by atoms with van der Waals surface area (Å²) in [7, 11) is 0. The summed E-state index contributed by atoms with van der Waals surface area (Å²) in [5.41, 5.74) is 0. The van der Waals surface area contributed by atoms with Crippen molar-refractivity contribution in [1.29, 1.82) is 0 Å². The molecule has 64 valence electrons. The molecule has 0 aliphatic rings. The van der Waals surface area contributed by atoms with Crippen molar-refractivity contribution in [3.63, 3.8) is 0 Å². The number of terminal acetylenes is 1. The van der Waals surface area contributed by atoms with Crippen LogP contribution in [0, 0.1) is 18.3 Å². The maximum Gasteiger partial charge on any atom is 0.00860 e. The van der Waals surface area contributed by atoms with E-state index in [0.717, 1.165) is 12.3 Å². The van der Waals surface area contributed by atoms with Gasteiger partial charge in [0.05, 0.1) is 0 Å². The summed E-state index contributed by atoms with van der Waals surface area (Å²) in [6, 6.07) is 0. The number of rotatable bonds is 6. The van der Waals surface area contributed by atoms with Gasteiger partial charge in [0, 0.05) is 6.42 Å². The van der Waals surface area contributed by atoms with Crippen LogP contribution in [0.2, 0.25) is 0 Å². The third kappa shape index (κ3) is 7.81. The maximum absolute atomic E-state index is 5.15. The molecule has 0 radical (unpaired) electrons. The van der Waals surface area contributed by atoms with Gasteiger partial charge in [-0.2, -0.15) is 11.8 Å². The van der Waals surface area contributed by atoms with Crippen molar-refractivity contribution in [2.45, 2.75) is 32.6 Å². The van der Waals surface area contributed by atoms with E-state index in [4.69, 9.17) is 6.42 Å². The van der Waals surface area contributed by atoms with Gasteiger partial charge in [0.2, 0.25) is 0 Å². The molecule has 0 aliphatic heterocycles. The average molecular weight is 170 g/mol. The van der Waals surface area contributed by atoms with E-state index in [9.17, 15) is 0 Å². The summed E-state index contributed by atoms with van der Waals surface area (Å²) in [5.74, 6) is 4.82. The van der Waals surface area contributed by atoms with E-state index in [-0.39, 0.29) is 0 Å². The largest absolute Gasteiger partial charge is 0.165 e. The Morgan fingerprint density at radius 1 is 1.45 bits per heavy atom. The fraction of sp³-hybridized carbons (Fsp3) is 0.800. The second-order valence-electron chi connectivity index (χ2n) is 3.01. The monoisotopic (exact) mass is 170 g/mol. The minimum Gasteiger partial charge on any atom is -0.165 e. The van der Waals surface area contributed by atoms with E-state index in [0.29, 0.717) is 0 Å². The normalized spacial score (nSPS) is 12.5. The van der Waals surface area contributed by atoms with Gasteiger partial charge in [0.25, 0.3) is 0 Å². The molecular weight excluding hydrogens is 152 g/mol. The first kappa shape index (κ1) is 10.9. The Morgan fingerprint density at radius 3 is 2.73 bits per heavy atom. The predicted molar refractivity (Wildman–Crippen MR) is 54.8 cm³/mol. The van der Waals surface area contributed by atoms with E-state index in [1.165, 1.54) is 25.0 Å². The van der Waals surface area contributed by atoms with Gasteiger partial charge < -0.3 is 0 Å². The van der Waals surface area contributed by atoms with E-state index in [1.807, 2.05) is 11.8 Å². The number of unbranched alkanes of at least 4 members (excludes halogenated alkanes) is 2. The third-order valence-electron chi connectivity index (χ3n) is 1.72. The zero-order chi connectivity index (χ0) is 8.53. The minimum atomic E-state index is 0.864. The van der Waals surface area contributed by atoms with Crippen LogP contribution in [0.4, 0.5) is 0 Å². The minimum absolute atomic E-state index is 0.864. The zero-order valence-electron chi connectivity index (χ0n) is 7.60. The van der Waals surface area contributed by atoms with Gasteiger partial charge in [-0.3, -0.25) is 0 Å². The number of hydrogen-bond donors (Lipinski definition) is 0. The molecule has 0 saturated carbocycles. The van der Waals surface area contributed by atoms with Gasteiger partial charge in [0.15, 0.2) is 0 Å². The quantitative estimate of drug-likeness (QED) is 0.436. The summed E-state index contributed by atoms with van der Waals surface area (Å²) in [4.78, 5) is 0. The van der Waals surface area contributed by atoms with Crippen LogP contribution in [0.15, 0.2) is 0 Å². The third-order valence-corrected chi connectivity index (χ3v) is 2.62. The topological polar surface area (TPSA) is 0 Å². The van der Waals surface area contributed by atoms with E-state index < -0.39 is 0 Å². The van der Waals surface area contributed by atoms with Crippen molar-refractivity contribution < 1.29 is 0 Å². The maximum atomic E-state index is 5.15. The average Bonchev–Trinajstić information content (AvgIpc) is 1.99. The molecule has 1 heteroatoms. The molecule has 0 saturated heterocycles. The lowest BCUT2D eigenvalue weighted by Crippen LogP contribution is -1.97. The van der Waals surface area contributed by atoms with Gasteiger partial charge in [-0.15, -0.1) is 12.3 Å². The predicted octanol–water partition coefficient (Wildman–Crippen LogP) is 3.18. The number of thioether (sulfide) groups is 1.